The van der Waals surface area contributed by atoms with E-state index < -0.39 is 0 Å². The van der Waals surface area contributed by atoms with Crippen LogP contribution in [0.5, 0.6) is 0 Å². The van der Waals surface area contributed by atoms with E-state index in [1.165, 1.54) is 19.5 Å². The van der Waals surface area contributed by atoms with Crippen molar-refractivity contribution in [1.29, 1.82) is 0 Å². The molecule has 10 heavy (non-hydrogen) atoms. The molecule has 1 saturated heterocycles. The average Bonchev–Trinajstić information content (AvgIpc) is 2.34. The highest BCUT2D eigenvalue weighted by Crippen LogP contribution is 2.16. The Bertz CT molecular complexity index is 105. The van der Waals surface area contributed by atoms with Crippen LogP contribution in [-0.4, -0.2) is 35.7 Å². The van der Waals surface area contributed by atoms with Crippen molar-refractivity contribution in [2.24, 2.45) is 5.92 Å². The van der Waals surface area contributed by atoms with Crippen LogP contribution in [-0.2, 0) is 0 Å². The Morgan fingerprint density at radius 1 is 1.70 bits per heavy atom. The minimum Gasteiger partial charge on any atom is -0.395 e. The van der Waals surface area contributed by atoms with Crippen LogP contribution in [0.2, 0.25) is 0 Å². The van der Waals surface area contributed by atoms with Gasteiger partial charge in [-0.05, 0) is 25.8 Å². The average molecular weight is 143 g/mol. The Hall–Kier alpha value is -0.0800. The highest BCUT2D eigenvalue weighted by molar-refractivity contribution is 4.76. The number of hydrogen-bond donors (Lipinski definition) is 1. The molecule has 2 atom stereocenters. The number of nitrogens with zero attached hydrogens (tertiary/aromatic N) is 1. The molecular weight excluding hydrogens is 126 g/mol. The molecule has 1 N–H and O–H groups in total. The molecule has 0 bridgehead atoms. The molecule has 1 rings (SSSR count). The maximum Gasteiger partial charge on any atom is 0.0584 e. The lowest BCUT2D eigenvalue weighted by Crippen LogP contribution is -2.33. The van der Waals surface area contributed by atoms with Gasteiger partial charge < -0.3 is 5.11 Å². The van der Waals surface area contributed by atoms with E-state index in [4.69, 9.17) is 5.11 Å². The van der Waals surface area contributed by atoms with Gasteiger partial charge in [0.15, 0.2) is 0 Å². The number of aliphatic hydroxyl groups excluding tert-OH is 1. The molecule has 1 heterocycles. The summed E-state index contributed by atoms with van der Waals surface area (Å²) >= 11 is 0. The van der Waals surface area contributed by atoms with E-state index in [-0.39, 0.29) is 0 Å². The van der Waals surface area contributed by atoms with E-state index in [0.717, 1.165) is 5.92 Å². The molecule has 0 aromatic heterocycles. The van der Waals surface area contributed by atoms with Gasteiger partial charge in [0.2, 0.25) is 0 Å². The maximum absolute atomic E-state index is 8.84. The predicted molar refractivity (Wildman–Crippen MR) is 41.9 cm³/mol. The largest absolute Gasteiger partial charge is 0.395 e. The summed E-state index contributed by atoms with van der Waals surface area (Å²) in [6.45, 7) is 6.99. The van der Waals surface area contributed by atoms with Gasteiger partial charge in [-0.3, -0.25) is 4.90 Å². The van der Waals surface area contributed by atoms with Crippen molar-refractivity contribution >= 4 is 0 Å². The third kappa shape index (κ3) is 1.70. The predicted octanol–water partition coefficient (Wildman–Crippen LogP) is 0.709. The van der Waals surface area contributed by atoms with Gasteiger partial charge >= 0.3 is 0 Å². The van der Waals surface area contributed by atoms with Gasteiger partial charge in [-0.25, -0.2) is 0 Å². The molecule has 2 nitrogen and oxygen atoms in total. The first-order valence-electron chi connectivity index (χ1n) is 4.09. The Balaban J connectivity index is 2.29. The molecule has 0 amide bonds. The third-order valence-electron chi connectivity index (χ3n) is 2.34. The normalized spacial score (nSPS) is 30.9. The van der Waals surface area contributed by atoms with E-state index in [9.17, 15) is 0 Å². The molecule has 0 saturated carbocycles. The number of rotatable bonds is 2. The standard InChI is InChI=1S/C8H17NO/c1-7-3-4-9(5-7)8(2)6-10/h7-8,10H,3-6H2,1-2H3. The van der Waals surface area contributed by atoms with Crippen LogP contribution in [0, 0.1) is 5.92 Å². The van der Waals surface area contributed by atoms with Gasteiger partial charge in [0, 0.05) is 12.6 Å². The molecule has 2 heteroatoms. The molecule has 0 radical (unpaired) electrons. The second-order valence-corrected chi connectivity index (χ2v) is 3.42. The van der Waals surface area contributed by atoms with E-state index in [1.54, 1.807) is 0 Å². The molecule has 0 aliphatic carbocycles. The fourth-order valence-corrected chi connectivity index (χ4v) is 1.48. The Morgan fingerprint density at radius 2 is 2.40 bits per heavy atom. The molecule has 1 fully saturated rings. The zero-order valence-electron chi connectivity index (χ0n) is 6.88. The molecule has 0 aromatic rings. The Labute approximate surface area is 62.8 Å². The molecule has 0 aromatic carbocycles. The van der Waals surface area contributed by atoms with Gasteiger partial charge in [-0.1, -0.05) is 6.92 Å². The summed E-state index contributed by atoms with van der Waals surface area (Å²) in [4.78, 5) is 2.35. The Morgan fingerprint density at radius 3 is 2.80 bits per heavy atom. The summed E-state index contributed by atoms with van der Waals surface area (Å²) in [6, 6.07) is 0.366. The summed E-state index contributed by atoms with van der Waals surface area (Å²) in [7, 11) is 0. The number of likely N-dealkylation sites (tertiary alicyclic amines) is 1. The van der Waals surface area contributed by atoms with Crippen LogP contribution >= 0.6 is 0 Å². The maximum atomic E-state index is 8.84. The first kappa shape index (κ1) is 8.02. The lowest BCUT2D eigenvalue weighted by atomic mass is 10.2. The van der Waals surface area contributed by atoms with Gasteiger partial charge in [0.1, 0.15) is 0 Å². The van der Waals surface area contributed by atoms with Crippen LogP contribution in [0.4, 0.5) is 0 Å². The van der Waals surface area contributed by atoms with Gasteiger partial charge in [-0.15, -0.1) is 0 Å². The topological polar surface area (TPSA) is 23.5 Å². The minimum atomic E-state index is 0.298. The SMILES string of the molecule is CC1CCN(C(C)CO)C1. The van der Waals surface area contributed by atoms with Crippen molar-refractivity contribution in [2.75, 3.05) is 19.7 Å². The number of hydrogen-bond acceptors (Lipinski definition) is 2. The molecule has 60 valence electrons. The molecule has 1 aliphatic rings. The van der Waals surface area contributed by atoms with E-state index in [2.05, 4.69) is 18.7 Å². The lowest BCUT2D eigenvalue weighted by Gasteiger charge is -2.21. The highest BCUT2D eigenvalue weighted by atomic mass is 16.3. The highest BCUT2D eigenvalue weighted by Gasteiger charge is 2.21. The zero-order valence-corrected chi connectivity index (χ0v) is 6.88. The number of aliphatic hydroxyl groups is 1. The van der Waals surface area contributed by atoms with Crippen molar-refractivity contribution in [1.82, 2.24) is 4.90 Å². The van der Waals surface area contributed by atoms with E-state index in [0.29, 0.717) is 12.6 Å². The van der Waals surface area contributed by atoms with E-state index in [1.807, 2.05) is 0 Å². The fourth-order valence-electron chi connectivity index (χ4n) is 1.48. The van der Waals surface area contributed by atoms with Crippen molar-refractivity contribution in [2.45, 2.75) is 26.3 Å². The monoisotopic (exact) mass is 143 g/mol. The van der Waals surface area contributed by atoms with Crippen molar-refractivity contribution in [3.05, 3.63) is 0 Å². The quantitative estimate of drug-likeness (QED) is 0.615. The molecule has 0 spiro atoms. The van der Waals surface area contributed by atoms with Crippen molar-refractivity contribution in [3.63, 3.8) is 0 Å². The fraction of sp³-hybridized carbons (Fsp3) is 1.00. The molecular formula is C8H17NO. The van der Waals surface area contributed by atoms with E-state index >= 15 is 0 Å². The van der Waals surface area contributed by atoms with Crippen LogP contribution in [0.3, 0.4) is 0 Å². The second-order valence-electron chi connectivity index (χ2n) is 3.42. The summed E-state index contributed by atoms with van der Waals surface area (Å²) in [6.07, 6.45) is 1.30. The minimum absolute atomic E-state index is 0.298. The summed E-state index contributed by atoms with van der Waals surface area (Å²) in [5, 5.41) is 8.84. The summed E-state index contributed by atoms with van der Waals surface area (Å²) in [5.41, 5.74) is 0. The molecule has 1 aliphatic heterocycles. The zero-order chi connectivity index (χ0) is 7.56. The van der Waals surface area contributed by atoms with Crippen LogP contribution in [0.1, 0.15) is 20.3 Å². The summed E-state index contributed by atoms with van der Waals surface area (Å²) in [5.74, 6) is 0.828. The second kappa shape index (κ2) is 3.35. The van der Waals surface area contributed by atoms with Gasteiger partial charge in [-0.2, -0.15) is 0 Å². The first-order valence-corrected chi connectivity index (χ1v) is 4.09. The van der Waals surface area contributed by atoms with Crippen molar-refractivity contribution in [3.8, 4) is 0 Å². The third-order valence-corrected chi connectivity index (χ3v) is 2.34. The van der Waals surface area contributed by atoms with Crippen LogP contribution in [0.25, 0.3) is 0 Å². The first-order chi connectivity index (χ1) is 4.74. The van der Waals surface area contributed by atoms with Crippen molar-refractivity contribution < 1.29 is 5.11 Å². The van der Waals surface area contributed by atoms with Crippen LogP contribution in [0.15, 0.2) is 0 Å². The smallest absolute Gasteiger partial charge is 0.0584 e. The van der Waals surface area contributed by atoms with Gasteiger partial charge in [0.05, 0.1) is 6.61 Å². The molecule has 2 unspecified atom stereocenters. The van der Waals surface area contributed by atoms with Gasteiger partial charge in [0.25, 0.3) is 0 Å². The Kier molecular flexibility index (Phi) is 2.69. The van der Waals surface area contributed by atoms with Crippen LogP contribution < -0.4 is 0 Å². The summed E-state index contributed by atoms with van der Waals surface area (Å²) < 4.78 is 0. The lowest BCUT2D eigenvalue weighted by molar-refractivity contribution is 0.155.